The second-order valence-corrected chi connectivity index (χ2v) is 3.76. The van der Waals surface area contributed by atoms with Gasteiger partial charge in [0.15, 0.2) is 0 Å². The van der Waals surface area contributed by atoms with Gasteiger partial charge in [0, 0.05) is 26.2 Å². The summed E-state index contributed by atoms with van der Waals surface area (Å²) >= 11 is 0. The highest BCUT2D eigenvalue weighted by Crippen LogP contribution is 2.14. The number of β-amino-alcohol motifs (C(OH)–C–C–N with tert-alkyl or cyclic N) is 1. The molecule has 0 aromatic rings. The number of aliphatic hydroxyl groups is 1. The number of nitrogens with zero attached hydrogens (tertiary/aromatic N) is 1. The van der Waals surface area contributed by atoms with E-state index >= 15 is 0 Å². The lowest BCUT2D eigenvalue weighted by Crippen LogP contribution is -2.25. The first-order chi connectivity index (χ1) is 6.97. The Hall–Kier alpha value is -0.330. The topological polar surface area (TPSA) is 32.7 Å². The lowest BCUT2D eigenvalue weighted by Gasteiger charge is -2.14. The van der Waals surface area contributed by atoms with Gasteiger partial charge in [-0.05, 0) is 12.8 Å². The Bertz CT molecular complexity index is 187. The summed E-state index contributed by atoms with van der Waals surface area (Å²) in [5.74, 6) is 0. The molecule has 0 radical (unpaired) electrons. The molecule has 1 saturated heterocycles. The lowest BCUT2D eigenvalue weighted by molar-refractivity contribution is -0.174. The smallest absolute Gasteiger partial charge is 0.392 e. The Labute approximate surface area is 86.8 Å². The molecule has 0 aromatic heterocycles. The molecule has 90 valence electrons. The largest absolute Gasteiger partial charge is 0.411 e. The van der Waals surface area contributed by atoms with E-state index in [1.807, 2.05) is 4.90 Å². The van der Waals surface area contributed by atoms with Crippen molar-refractivity contribution in [2.75, 3.05) is 32.8 Å². The highest BCUT2D eigenvalue weighted by molar-refractivity contribution is 4.73. The Kier molecular flexibility index (Phi) is 4.82. The van der Waals surface area contributed by atoms with Gasteiger partial charge in [0.2, 0.25) is 0 Å². The number of aliphatic hydroxyl groups excluding tert-OH is 1. The van der Waals surface area contributed by atoms with Crippen molar-refractivity contribution in [2.24, 2.45) is 0 Å². The van der Waals surface area contributed by atoms with Crippen molar-refractivity contribution in [3.05, 3.63) is 0 Å². The summed E-state index contributed by atoms with van der Waals surface area (Å²) in [6, 6.07) is 0. The van der Waals surface area contributed by atoms with Crippen molar-refractivity contribution in [1.82, 2.24) is 4.90 Å². The van der Waals surface area contributed by atoms with Gasteiger partial charge in [0.25, 0.3) is 0 Å². The van der Waals surface area contributed by atoms with E-state index in [-0.39, 0.29) is 12.7 Å². The molecule has 1 atom stereocenters. The first kappa shape index (κ1) is 12.7. The maximum Gasteiger partial charge on any atom is 0.411 e. The van der Waals surface area contributed by atoms with E-state index in [4.69, 9.17) is 0 Å². The monoisotopic (exact) mass is 227 g/mol. The summed E-state index contributed by atoms with van der Waals surface area (Å²) < 4.78 is 39.5. The highest BCUT2D eigenvalue weighted by atomic mass is 19.4. The van der Waals surface area contributed by atoms with Gasteiger partial charge in [-0.2, -0.15) is 13.2 Å². The normalized spacial score (nSPS) is 23.6. The first-order valence-electron chi connectivity index (χ1n) is 5.02. The number of ether oxygens (including phenoxy) is 1. The van der Waals surface area contributed by atoms with Gasteiger partial charge < -0.3 is 14.7 Å². The van der Waals surface area contributed by atoms with Crippen LogP contribution in [0.4, 0.5) is 13.2 Å². The molecule has 1 aliphatic rings. The third-order valence-electron chi connectivity index (χ3n) is 2.28. The molecule has 0 bridgehead atoms. The van der Waals surface area contributed by atoms with E-state index in [1.165, 1.54) is 0 Å². The number of hydrogen-bond donors (Lipinski definition) is 1. The van der Waals surface area contributed by atoms with Crippen LogP contribution in [0.15, 0.2) is 0 Å². The lowest BCUT2D eigenvalue weighted by atomic mass is 10.3. The van der Waals surface area contributed by atoms with Crippen LogP contribution >= 0.6 is 0 Å². The molecule has 1 rings (SSSR count). The van der Waals surface area contributed by atoms with Gasteiger partial charge in [-0.25, -0.2) is 0 Å². The Morgan fingerprint density at radius 2 is 2.13 bits per heavy atom. The van der Waals surface area contributed by atoms with E-state index in [1.54, 1.807) is 0 Å². The number of halogens is 3. The summed E-state index contributed by atoms with van der Waals surface area (Å²) in [5.41, 5.74) is 0. The van der Waals surface area contributed by atoms with Crippen LogP contribution in [-0.4, -0.2) is 55.1 Å². The second-order valence-electron chi connectivity index (χ2n) is 3.76. The fraction of sp³-hybridized carbons (Fsp3) is 1.00. The van der Waals surface area contributed by atoms with E-state index in [0.29, 0.717) is 19.5 Å². The average Bonchev–Trinajstić information content (AvgIpc) is 2.49. The fourth-order valence-electron chi connectivity index (χ4n) is 1.59. The van der Waals surface area contributed by atoms with E-state index in [0.717, 1.165) is 13.0 Å². The minimum absolute atomic E-state index is 0.117. The molecule has 0 saturated carbocycles. The zero-order valence-electron chi connectivity index (χ0n) is 8.46. The predicted molar refractivity (Wildman–Crippen MR) is 48.6 cm³/mol. The SMILES string of the molecule is OC1CCN(CCCOCC(F)(F)F)C1. The van der Waals surface area contributed by atoms with E-state index < -0.39 is 12.8 Å². The van der Waals surface area contributed by atoms with Crippen LogP contribution in [0.2, 0.25) is 0 Å². The van der Waals surface area contributed by atoms with Crippen molar-refractivity contribution in [2.45, 2.75) is 25.1 Å². The van der Waals surface area contributed by atoms with Crippen LogP contribution in [-0.2, 0) is 4.74 Å². The Balaban J connectivity index is 1.93. The van der Waals surface area contributed by atoms with Crippen molar-refractivity contribution in [3.63, 3.8) is 0 Å². The molecule has 6 heteroatoms. The maximum atomic E-state index is 11.7. The van der Waals surface area contributed by atoms with Crippen molar-refractivity contribution >= 4 is 0 Å². The Morgan fingerprint density at radius 1 is 1.40 bits per heavy atom. The molecule has 1 heterocycles. The molecule has 1 N–H and O–H groups in total. The third kappa shape index (κ3) is 5.96. The van der Waals surface area contributed by atoms with Gasteiger partial charge in [-0.1, -0.05) is 0 Å². The van der Waals surface area contributed by atoms with Gasteiger partial charge in [0.05, 0.1) is 6.10 Å². The molecular formula is C9H16F3NO2. The van der Waals surface area contributed by atoms with Crippen LogP contribution in [0.1, 0.15) is 12.8 Å². The molecule has 0 spiro atoms. The van der Waals surface area contributed by atoms with Crippen LogP contribution < -0.4 is 0 Å². The predicted octanol–water partition coefficient (Wildman–Crippen LogP) is 1.02. The van der Waals surface area contributed by atoms with Crippen molar-refractivity contribution in [1.29, 1.82) is 0 Å². The molecular weight excluding hydrogens is 211 g/mol. The fourth-order valence-corrected chi connectivity index (χ4v) is 1.59. The average molecular weight is 227 g/mol. The molecule has 1 fully saturated rings. The van der Waals surface area contributed by atoms with Crippen LogP contribution in [0.3, 0.4) is 0 Å². The summed E-state index contributed by atoms with van der Waals surface area (Å²) in [7, 11) is 0. The molecule has 3 nitrogen and oxygen atoms in total. The maximum absolute atomic E-state index is 11.7. The molecule has 1 unspecified atom stereocenters. The zero-order valence-corrected chi connectivity index (χ0v) is 8.46. The minimum Gasteiger partial charge on any atom is -0.392 e. The molecule has 0 aliphatic carbocycles. The first-order valence-corrected chi connectivity index (χ1v) is 5.02. The zero-order chi connectivity index (χ0) is 11.3. The van der Waals surface area contributed by atoms with Gasteiger partial charge in [-0.15, -0.1) is 0 Å². The van der Waals surface area contributed by atoms with Gasteiger partial charge in [-0.3, -0.25) is 0 Å². The van der Waals surface area contributed by atoms with Crippen LogP contribution in [0.25, 0.3) is 0 Å². The van der Waals surface area contributed by atoms with E-state index in [2.05, 4.69) is 4.74 Å². The second kappa shape index (κ2) is 5.67. The molecule has 1 aliphatic heterocycles. The number of hydrogen-bond acceptors (Lipinski definition) is 3. The van der Waals surface area contributed by atoms with Crippen molar-refractivity contribution < 1.29 is 23.0 Å². The van der Waals surface area contributed by atoms with Crippen LogP contribution in [0, 0.1) is 0 Å². The minimum atomic E-state index is -4.23. The van der Waals surface area contributed by atoms with Gasteiger partial charge in [0.1, 0.15) is 6.61 Å². The molecule has 0 amide bonds. The van der Waals surface area contributed by atoms with Gasteiger partial charge >= 0.3 is 6.18 Å². The standard InChI is InChI=1S/C9H16F3NO2/c10-9(11,12)7-15-5-1-3-13-4-2-8(14)6-13/h8,14H,1-7H2. The number of likely N-dealkylation sites (tertiary alicyclic amines) is 1. The summed E-state index contributed by atoms with van der Waals surface area (Å²) in [4.78, 5) is 2.03. The van der Waals surface area contributed by atoms with E-state index in [9.17, 15) is 18.3 Å². The molecule has 15 heavy (non-hydrogen) atoms. The number of rotatable bonds is 5. The Morgan fingerprint density at radius 3 is 2.67 bits per heavy atom. The molecule has 0 aromatic carbocycles. The summed E-state index contributed by atoms with van der Waals surface area (Å²) in [6.45, 7) is 1.08. The highest BCUT2D eigenvalue weighted by Gasteiger charge is 2.27. The number of alkyl halides is 3. The quantitative estimate of drug-likeness (QED) is 0.712. The third-order valence-corrected chi connectivity index (χ3v) is 2.28. The summed E-state index contributed by atoms with van der Waals surface area (Å²) in [6.07, 6.45) is -3.18. The van der Waals surface area contributed by atoms with Crippen LogP contribution in [0.5, 0.6) is 0 Å². The summed E-state index contributed by atoms with van der Waals surface area (Å²) in [5, 5.41) is 9.19. The van der Waals surface area contributed by atoms with Crippen molar-refractivity contribution in [3.8, 4) is 0 Å².